The van der Waals surface area contributed by atoms with Crippen LogP contribution in [0.15, 0.2) is 158 Å². The lowest BCUT2D eigenvalue weighted by Crippen LogP contribution is -2.55. The highest BCUT2D eigenvalue weighted by Gasteiger charge is 2.62. The van der Waals surface area contributed by atoms with Crippen LogP contribution in [0.3, 0.4) is 0 Å². The van der Waals surface area contributed by atoms with Gasteiger partial charge in [0.15, 0.2) is 11.6 Å². The van der Waals surface area contributed by atoms with Crippen LogP contribution in [0, 0.1) is 23.7 Å². The summed E-state index contributed by atoms with van der Waals surface area (Å²) in [6.45, 7) is 0. The molecule has 0 atom stereocenters. The van der Waals surface area contributed by atoms with Crippen LogP contribution in [0.4, 0.5) is 0 Å². The van der Waals surface area contributed by atoms with Gasteiger partial charge in [0.1, 0.15) is 0 Å². The van der Waals surface area contributed by atoms with E-state index in [1.807, 2.05) is 0 Å². The van der Waals surface area contributed by atoms with Crippen molar-refractivity contribution in [2.45, 2.75) is 37.5 Å². The molecule has 4 saturated carbocycles. The van der Waals surface area contributed by atoms with Crippen molar-refractivity contribution in [3.05, 3.63) is 169 Å². The molecule has 0 amide bonds. The van der Waals surface area contributed by atoms with Gasteiger partial charge < -0.3 is 0 Å². The summed E-state index contributed by atoms with van der Waals surface area (Å²) in [7, 11) is 0. The second-order valence-electron chi connectivity index (χ2n) is 18.0. The van der Waals surface area contributed by atoms with Crippen molar-refractivity contribution in [3.8, 4) is 39.9 Å². The molecule has 5 aliphatic rings. The zero-order valence-corrected chi connectivity index (χ0v) is 32.6. The average Bonchev–Trinajstić information content (AvgIpc) is 3.76. The molecule has 59 heavy (non-hydrogen) atoms. The molecule has 0 unspecified atom stereocenters. The van der Waals surface area contributed by atoms with Gasteiger partial charge in [-0.1, -0.05) is 140 Å². The van der Waals surface area contributed by atoms with Crippen LogP contribution in [0.5, 0.6) is 0 Å². The number of rotatable bonds is 3. The third kappa shape index (κ3) is 4.31. The summed E-state index contributed by atoms with van der Waals surface area (Å²) in [5.41, 5.74) is 10.3. The summed E-state index contributed by atoms with van der Waals surface area (Å²) < 4.78 is 2.38. The maximum Gasteiger partial charge on any atom is 0.238 e. The lowest BCUT2D eigenvalue weighted by atomic mass is 9.43. The molecule has 4 fully saturated rings. The van der Waals surface area contributed by atoms with E-state index >= 15 is 0 Å². The topological polar surface area (TPSA) is 43.6 Å². The number of aromatic nitrogens is 4. The maximum absolute atomic E-state index is 5.53. The molecule has 4 heteroatoms. The Hall–Kier alpha value is -6.65. The zero-order valence-electron chi connectivity index (χ0n) is 32.6. The third-order valence-corrected chi connectivity index (χ3v) is 15.2. The average molecular weight is 757 g/mol. The van der Waals surface area contributed by atoms with E-state index in [1.54, 1.807) is 11.1 Å². The molecule has 4 bridgehead atoms. The van der Waals surface area contributed by atoms with Gasteiger partial charge in [0.05, 0.1) is 11.0 Å². The molecule has 2 aromatic heterocycles. The molecule has 280 valence electrons. The first kappa shape index (κ1) is 32.3. The second-order valence-corrected chi connectivity index (χ2v) is 18.0. The van der Waals surface area contributed by atoms with Gasteiger partial charge in [-0.3, -0.25) is 4.57 Å². The second kappa shape index (κ2) is 11.7. The van der Waals surface area contributed by atoms with Crippen LogP contribution < -0.4 is 0 Å². The van der Waals surface area contributed by atoms with Crippen LogP contribution >= 0.6 is 0 Å². The van der Waals surface area contributed by atoms with E-state index < -0.39 is 0 Å². The summed E-state index contributed by atoms with van der Waals surface area (Å²) in [4.78, 5) is 16.4. The monoisotopic (exact) mass is 756 g/mol. The highest BCUT2D eigenvalue weighted by atomic mass is 15.2. The Balaban J connectivity index is 1.13. The van der Waals surface area contributed by atoms with E-state index in [-0.39, 0.29) is 5.41 Å². The lowest BCUT2D eigenvalue weighted by molar-refractivity contribution is -0.0393. The molecule has 0 N–H and O–H groups in total. The Morgan fingerprint density at radius 3 is 1.63 bits per heavy atom. The summed E-state index contributed by atoms with van der Waals surface area (Å²) in [6.07, 6.45) is 6.80. The first-order chi connectivity index (χ1) is 29.2. The summed E-state index contributed by atoms with van der Waals surface area (Å²) in [5.74, 6) is 5.05. The zero-order chi connectivity index (χ0) is 38.4. The Kier molecular flexibility index (Phi) is 6.43. The van der Waals surface area contributed by atoms with Gasteiger partial charge in [-0.05, 0) is 129 Å². The highest BCUT2D eigenvalue weighted by Crippen LogP contribution is 2.70. The first-order valence-electron chi connectivity index (χ1n) is 21.5. The van der Waals surface area contributed by atoms with Crippen molar-refractivity contribution >= 4 is 54.1 Å². The Bertz CT molecular complexity index is 3290. The van der Waals surface area contributed by atoms with E-state index in [0.717, 1.165) is 50.0 Å². The summed E-state index contributed by atoms with van der Waals surface area (Å²) in [5, 5.41) is 9.73. The van der Waals surface area contributed by atoms with Gasteiger partial charge in [0.25, 0.3) is 0 Å². The molecule has 0 aliphatic heterocycles. The molecule has 15 rings (SSSR count). The van der Waals surface area contributed by atoms with Crippen LogP contribution in [0.25, 0.3) is 94.0 Å². The molecular formula is C55H40N4. The van der Waals surface area contributed by atoms with Crippen LogP contribution in [-0.4, -0.2) is 19.5 Å². The van der Waals surface area contributed by atoms with Gasteiger partial charge in [-0.25, -0.2) is 4.98 Å². The molecule has 4 nitrogen and oxygen atoms in total. The minimum atomic E-state index is 0.00491. The number of hydrogen-bond acceptors (Lipinski definition) is 3. The number of benzene rings is 8. The van der Waals surface area contributed by atoms with E-state index in [9.17, 15) is 0 Å². The van der Waals surface area contributed by atoms with Crippen molar-refractivity contribution in [1.82, 2.24) is 19.5 Å². The standard InChI is InChI=1S/C55H40N4/c1-2-14-37-31-49-46(30-36(37)13-1)50-48(24-23-43-42-19-7-8-22-47(42)55(51(43)50)38-26-32-25-33(28-38)29-39(55)27-32)59(49)54-57-52(44-20-9-15-34-11-3-5-17-40(34)44)56-53(58-54)45-21-10-16-35-12-4-6-18-41(35)45/h1-24,30-33,38-39H,25-29H2. The SMILES string of the molecule is c1ccc2c(c1)-c1ccc3c(c1C21C2CC4CC(C2)CC1C4)c1cc2ccccc2cc1n3-c1nc(-c2cccc3ccccc23)nc(-c2cccc3ccccc23)n1. The van der Waals surface area contributed by atoms with Crippen molar-refractivity contribution in [1.29, 1.82) is 0 Å². The fraction of sp³-hybridized carbons (Fsp3) is 0.182. The van der Waals surface area contributed by atoms with Crippen molar-refractivity contribution < 1.29 is 0 Å². The van der Waals surface area contributed by atoms with E-state index in [1.165, 1.54) is 70.3 Å². The normalized spacial score (nSPS) is 22.6. The van der Waals surface area contributed by atoms with Gasteiger partial charge in [0.2, 0.25) is 5.95 Å². The minimum absolute atomic E-state index is 0.00491. The Morgan fingerprint density at radius 1 is 0.424 bits per heavy atom. The number of hydrogen-bond donors (Lipinski definition) is 0. The smallest absolute Gasteiger partial charge is 0.238 e. The fourth-order valence-corrected chi connectivity index (χ4v) is 13.2. The third-order valence-electron chi connectivity index (χ3n) is 15.2. The predicted molar refractivity (Wildman–Crippen MR) is 241 cm³/mol. The quantitative estimate of drug-likeness (QED) is 0.180. The minimum Gasteiger partial charge on any atom is -0.278 e. The Labute approximate surface area is 342 Å². The molecular weight excluding hydrogens is 717 g/mol. The van der Waals surface area contributed by atoms with Crippen LogP contribution in [0.1, 0.15) is 43.2 Å². The van der Waals surface area contributed by atoms with Gasteiger partial charge in [-0.15, -0.1) is 0 Å². The van der Waals surface area contributed by atoms with Crippen molar-refractivity contribution in [2.75, 3.05) is 0 Å². The molecule has 2 heterocycles. The first-order valence-corrected chi connectivity index (χ1v) is 21.5. The summed E-state index contributed by atoms with van der Waals surface area (Å²) in [6, 6.07) is 58.0. The Morgan fingerprint density at radius 2 is 0.966 bits per heavy atom. The lowest BCUT2D eigenvalue weighted by Gasteiger charge is -2.61. The van der Waals surface area contributed by atoms with E-state index in [2.05, 4.69) is 162 Å². The molecule has 0 radical (unpaired) electrons. The summed E-state index contributed by atoms with van der Waals surface area (Å²) >= 11 is 0. The van der Waals surface area contributed by atoms with Crippen LogP contribution in [-0.2, 0) is 5.41 Å². The predicted octanol–water partition coefficient (Wildman–Crippen LogP) is 13.5. The molecule has 5 aliphatic carbocycles. The van der Waals surface area contributed by atoms with Gasteiger partial charge in [0, 0.05) is 27.3 Å². The fourth-order valence-electron chi connectivity index (χ4n) is 13.2. The molecule has 8 aromatic carbocycles. The van der Waals surface area contributed by atoms with E-state index in [0.29, 0.717) is 29.4 Å². The highest BCUT2D eigenvalue weighted by molar-refractivity contribution is 6.17. The maximum atomic E-state index is 5.53. The molecule has 1 spiro atoms. The number of nitrogens with zero attached hydrogens (tertiary/aromatic N) is 4. The number of fused-ring (bicyclic) bond motifs is 10. The molecule has 10 aromatic rings. The van der Waals surface area contributed by atoms with Crippen molar-refractivity contribution in [2.24, 2.45) is 23.7 Å². The van der Waals surface area contributed by atoms with Gasteiger partial charge in [-0.2, -0.15) is 9.97 Å². The van der Waals surface area contributed by atoms with E-state index in [4.69, 9.17) is 15.0 Å². The van der Waals surface area contributed by atoms with Gasteiger partial charge >= 0.3 is 0 Å². The molecule has 0 saturated heterocycles. The largest absolute Gasteiger partial charge is 0.278 e. The van der Waals surface area contributed by atoms with Crippen LogP contribution in [0.2, 0.25) is 0 Å². The van der Waals surface area contributed by atoms with Crippen molar-refractivity contribution in [3.63, 3.8) is 0 Å².